The molecule has 11 nitrogen and oxygen atoms in total. The number of carbonyl (C=O) groups excluding carboxylic acids is 2. The van der Waals surface area contributed by atoms with Crippen LogP contribution in [0.5, 0.6) is 11.5 Å². The van der Waals surface area contributed by atoms with Crippen LogP contribution in [0.3, 0.4) is 0 Å². The number of amides is 2. The van der Waals surface area contributed by atoms with Crippen molar-refractivity contribution in [2.45, 2.75) is 18.6 Å². The molecule has 3 heterocycles. The first-order chi connectivity index (χ1) is 16.4. The van der Waals surface area contributed by atoms with Crippen LogP contribution in [0.2, 0.25) is 0 Å². The molecule has 174 valence electrons. The molecule has 2 aromatic carbocycles. The number of aromatic nitrogens is 2. The summed E-state index contributed by atoms with van der Waals surface area (Å²) >= 11 is 0. The lowest BCUT2D eigenvalue weighted by atomic mass is 10.1. The van der Waals surface area contributed by atoms with Gasteiger partial charge in [-0.2, -0.15) is 10.1 Å². The van der Waals surface area contributed by atoms with Gasteiger partial charge < -0.3 is 14.0 Å². The molecule has 1 aromatic heterocycles. The van der Waals surface area contributed by atoms with Crippen LogP contribution in [0.25, 0.3) is 11.4 Å². The van der Waals surface area contributed by atoms with E-state index in [-0.39, 0.29) is 23.9 Å². The molecule has 0 radical (unpaired) electrons. The van der Waals surface area contributed by atoms with Crippen LogP contribution in [0.15, 0.2) is 51.3 Å². The van der Waals surface area contributed by atoms with E-state index in [9.17, 15) is 18.4 Å². The molecule has 34 heavy (non-hydrogen) atoms. The van der Waals surface area contributed by atoms with Gasteiger partial charge in [-0.3, -0.25) is 14.6 Å². The highest BCUT2D eigenvalue weighted by molar-refractivity contribution is 6.25. The van der Waals surface area contributed by atoms with Crippen molar-refractivity contribution in [1.82, 2.24) is 15.1 Å². The maximum absolute atomic E-state index is 13.7. The summed E-state index contributed by atoms with van der Waals surface area (Å²) in [5.41, 5.74) is 0.459. The summed E-state index contributed by atoms with van der Waals surface area (Å²) in [5, 5.41) is 13.0. The van der Waals surface area contributed by atoms with Crippen LogP contribution in [0, 0.1) is 11.6 Å². The second kappa shape index (κ2) is 8.17. The summed E-state index contributed by atoms with van der Waals surface area (Å²) in [4.78, 5) is 30.8. The topological polar surface area (TPSA) is 123 Å². The Balaban J connectivity index is 1.37. The zero-order valence-electron chi connectivity index (χ0n) is 17.8. The molecule has 1 fully saturated rings. The van der Waals surface area contributed by atoms with E-state index in [2.05, 4.69) is 20.5 Å². The van der Waals surface area contributed by atoms with Gasteiger partial charge in [-0.1, -0.05) is 10.4 Å². The average molecular weight is 470 g/mol. The van der Waals surface area contributed by atoms with E-state index in [1.54, 1.807) is 18.2 Å². The first-order valence-electron chi connectivity index (χ1n) is 9.96. The lowest BCUT2D eigenvalue weighted by Gasteiger charge is -2.19. The van der Waals surface area contributed by atoms with Gasteiger partial charge >= 0.3 is 0 Å². The molecule has 0 N–H and O–H groups in total. The van der Waals surface area contributed by atoms with E-state index in [0.717, 1.165) is 23.1 Å². The second-order valence-electron chi connectivity index (χ2n) is 7.38. The molecule has 1 saturated heterocycles. The maximum atomic E-state index is 13.7. The fourth-order valence-electron chi connectivity index (χ4n) is 3.78. The molecule has 0 bridgehead atoms. The van der Waals surface area contributed by atoms with E-state index >= 15 is 0 Å². The van der Waals surface area contributed by atoms with Crippen LogP contribution >= 0.6 is 0 Å². The number of fused-ring (bicyclic) bond motifs is 1. The van der Waals surface area contributed by atoms with Crippen LogP contribution in [0.1, 0.15) is 5.89 Å². The normalized spacial score (nSPS) is 19.2. The zero-order chi connectivity index (χ0) is 24.0. The summed E-state index contributed by atoms with van der Waals surface area (Å²) in [6.45, 7) is -0.110. The quantitative estimate of drug-likeness (QED) is 0.504. The Morgan fingerprint density at radius 2 is 1.85 bits per heavy atom. The summed E-state index contributed by atoms with van der Waals surface area (Å²) in [5.74, 6) is -2.25. The second-order valence-corrected chi connectivity index (χ2v) is 7.38. The average Bonchev–Trinajstić information content (AvgIpc) is 3.53. The van der Waals surface area contributed by atoms with Gasteiger partial charge in [0.25, 0.3) is 11.8 Å². The molecule has 0 spiro atoms. The predicted molar refractivity (Wildman–Crippen MR) is 110 cm³/mol. The number of hydrogen-bond acceptors (Lipinski definition) is 10. The molecule has 2 atom stereocenters. The fourth-order valence-corrected chi connectivity index (χ4v) is 3.78. The van der Waals surface area contributed by atoms with Crippen molar-refractivity contribution < 1.29 is 32.4 Å². The van der Waals surface area contributed by atoms with Crippen LogP contribution in [-0.4, -0.2) is 53.3 Å². The molecule has 2 aliphatic heterocycles. The summed E-state index contributed by atoms with van der Waals surface area (Å²) in [6.07, 6.45) is 0. The molecule has 13 heteroatoms. The third kappa shape index (κ3) is 3.41. The smallest absolute Gasteiger partial charge is 0.263 e. The minimum absolute atomic E-state index is 0.0925. The molecule has 0 unspecified atom stereocenters. The number of methoxy groups -OCH3 is 2. The van der Waals surface area contributed by atoms with Crippen molar-refractivity contribution in [1.29, 1.82) is 0 Å². The van der Waals surface area contributed by atoms with Crippen LogP contribution in [0.4, 0.5) is 14.5 Å². The lowest BCUT2D eigenvalue weighted by Crippen LogP contribution is -2.39. The molecule has 2 aliphatic rings. The van der Waals surface area contributed by atoms with E-state index in [1.165, 1.54) is 19.2 Å². The first-order valence-corrected chi connectivity index (χ1v) is 9.96. The van der Waals surface area contributed by atoms with Crippen molar-refractivity contribution >= 4 is 17.5 Å². The number of benzene rings is 2. The lowest BCUT2D eigenvalue weighted by molar-refractivity contribution is -0.123. The molecular weight excluding hydrogens is 454 g/mol. The number of imide groups is 1. The predicted octanol–water partition coefficient (Wildman–Crippen LogP) is 2.53. The molecule has 3 aromatic rings. The van der Waals surface area contributed by atoms with Crippen molar-refractivity contribution in [3.63, 3.8) is 0 Å². The Morgan fingerprint density at radius 3 is 2.59 bits per heavy atom. The Labute approximate surface area is 190 Å². The van der Waals surface area contributed by atoms with Crippen molar-refractivity contribution in [2.24, 2.45) is 10.3 Å². The van der Waals surface area contributed by atoms with Gasteiger partial charge in [0.15, 0.2) is 23.7 Å². The maximum Gasteiger partial charge on any atom is 0.263 e. The Bertz CT molecular complexity index is 1330. The van der Waals surface area contributed by atoms with Crippen molar-refractivity contribution in [3.8, 4) is 22.9 Å². The minimum atomic E-state index is -1.18. The zero-order valence-corrected chi connectivity index (χ0v) is 17.8. The number of anilines is 1. The van der Waals surface area contributed by atoms with Gasteiger partial charge in [0, 0.05) is 12.1 Å². The number of halogens is 2. The first kappa shape index (κ1) is 21.4. The Morgan fingerprint density at radius 1 is 1.03 bits per heavy atom. The number of ether oxygens (including phenoxy) is 2. The number of hydrogen-bond donors (Lipinski definition) is 0. The molecule has 5 rings (SSSR count). The molecule has 0 aliphatic carbocycles. The summed E-state index contributed by atoms with van der Waals surface area (Å²) in [6, 6.07) is 5.64. The van der Waals surface area contributed by atoms with Crippen molar-refractivity contribution in [3.05, 3.63) is 53.9 Å². The van der Waals surface area contributed by atoms with Gasteiger partial charge in [0.05, 0.1) is 25.5 Å². The summed E-state index contributed by atoms with van der Waals surface area (Å²) < 4.78 is 42.8. The van der Waals surface area contributed by atoms with E-state index in [0.29, 0.717) is 17.1 Å². The SMILES string of the molecule is COc1ccc(-c2noc(CN3N=N[C@@H]4C(=O)N(c5ccc(F)c(F)c5)C(=O)[C@H]43)n2)c(OC)c1. The standard InChI is InChI=1S/C21H16F2N6O5/c1-32-11-4-5-12(15(8-11)33-2)19-24-16(34-26-19)9-28-18-17(25-27-28)20(30)29(21(18)31)10-3-6-13(22)14(23)7-10/h3-8,17-18H,9H2,1-2H3/t17-,18-/m0/s1. The fraction of sp³-hybridized carbons (Fsp3) is 0.238. The van der Waals surface area contributed by atoms with Gasteiger partial charge in [-0.15, -0.1) is 0 Å². The number of nitrogens with zero attached hydrogens (tertiary/aromatic N) is 6. The van der Waals surface area contributed by atoms with Crippen LogP contribution < -0.4 is 14.4 Å². The van der Waals surface area contributed by atoms with E-state index < -0.39 is 35.5 Å². The molecular formula is C21H16F2N6O5. The Hall–Kier alpha value is -4.42. The van der Waals surface area contributed by atoms with Gasteiger partial charge in [-0.05, 0) is 24.3 Å². The van der Waals surface area contributed by atoms with E-state index in [1.807, 2.05) is 0 Å². The Kier molecular flexibility index (Phi) is 5.15. The van der Waals surface area contributed by atoms with E-state index in [4.69, 9.17) is 14.0 Å². The minimum Gasteiger partial charge on any atom is -0.497 e. The number of carbonyl (C=O) groups is 2. The van der Waals surface area contributed by atoms with Crippen molar-refractivity contribution in [2.75, 3.05) is 19.1 Å². The van der Waals surface area contributed by atoms with Crippen LogP contribution in [-0.2, 0) is 16.1 Å². The number of rotatable bonds is 6. The largest absolute Gasteiger partial charge is 0.497 e. The third-order valence-electron chi connectivity index (χ3n) is 5.43. The van der Waals surface area contributed by atoms with Gasteiger partial charge in [0.2, 0.25) is 11.7 Å². The molecule has 0 saturated carbocycles. The molecule has 2 amide bonds. The third-order valence-corrected chi connectivity index (χ3v) is 5.43. The highest BCUT2D eigenvalue weighted by Gasteiger charge is 2.55. The summed E-state index contributed by atoms with van der Waals surface area (Å²) in [7, 11) is 3.02. The highest BCUT2D eigenvalue weighted by atomic mass is 19.2. The van der Waals surface area contributed by atoms with Gasteiger partial charge in [0.1, 0.15) is 18.0 Å². The van der Waals surface area contributed by atoms with Gasteiger partial charge in [-0.25, -0.2) is 13.7 Å². The highest BCUT2D eigenvalue weighted by Crippen LogP contribution is 2.34. The monoisotopic (exact) mass is 470 g/mol.